The van der Waals surface area contributed by atoms with Gasteiger partial charge in [-0.25, -0.2) is 9.97 Å². The fraction of sp³-hybridized carbons (Fsp3) is 0.118. The predicted molar refractivity (Wildman–Crippen MR) is 97.1 cm³/mol. The molecule has 27 heavy (non-hydrogen) atoms. The number of hydrogen-bond donors (Lipinski definition) is 2. The molecule has 3 N–H and O–H groups in total. The Bertz CT molecular complexity index is 1190. The molecule has 0 aliphatic carbocycles. The minimum Gasteiger partial charge on any atom is -0.366 e. The number of amides is 1. The summed E-state index contributed by atoms with van der Waals surface area (Å²) in [6.07, 6.45) is -4.40. The molecular weight excluding hydrogens is 379 g/mol. The summed E-state index contributed by atoms with van der Waals surface area (Å²) in [6, 6.07) is 8.33. The molecule has 2 aromatic heterocycles. The van der Waals surface area contributed by atoms with Crippen LogP contribution in [0.3, 0.4) is 0 Å². The molecule has 2 heterocycles. The van der Waals surface area contributed by atoms with E-state index < -0.39 is 17.6 Å². The third-order valence-electron chi connectivity index (χ3n) is 4.10. The first-order valence-electron chi connectivity index (χ1n) is 7.73. The predicted octanol–water partition coefficient (Wildman–Crippen LogP) is 4.04. The molecule has 0 saturated heterocycles. The molecular formula is C17H12F3N5OS. The van der Waals surface area contributed by atoms with Crippen LogP contribution in [0, 0.1) is 0 Å². The normalized spacial score (nSPS) is 12.0. The highest BCUT2D eigenvalue weighted by molar-refractivity contribution is 7.22. The number of nitrogens with one attached hydrogen (secondary N) is 1. The Morgan fingerprint density at radius 1 is 1.15 bits per heavy atom. The standard InChI is InChI=1S/C17H12F3N5OS/c1-25-12-5-2-8(14(21)26)6-11(12)22-15(25)24-16-23-10-4-3-9(17(18,19)20)7-13(10)27-16/h2-7H,1H3,(H2,21,26)(H,22,23,24). The van der Waals surface area contributed by atoms with E-state index >= 15 is 0 Å². The lowest BCUT2D eigenvalue weighted by Gasteiger charge is -2.04. The quantitative estimate of drug-likeness (QED) is 0.552. The molecule has 10 heteroatoms. The number of hydrogen-bond acceptors (Lipinski definition) is 5. The number of alkyl halides is 3. The molecule has 0 aliphatic rings. The Labute approximate surface area is 154 Å². The zero-order valence-corrected chi connectivity index (χ0v) is 14.6. The van der Waals surface area contributed by atoms with Gasteiger partial charge in [0.15, 0.2) is 5.13 Å². The lowest BCUT2D eigenvalue weighted by Crippen LogP contribution is -2.10. The number of anilines is 2. The van der Waals surface area contributed by atoms with E-state index in [-0.39, 0.29) is 0 Å². The number of carbonyl (C=O) groups is 1. The maximum Gasteiger partial charge on any atom is 0.416 e. The summed E-state index contributed by atoms with van der Waals surface area (Å²) in [6.45, 7) is 0. The number of benzene rings is 2. The second-order valence-corrected chi connectivity index (χ2v) is 6.92. The molecule has 0 atom stereocenters. The van der Waals surface area contributed by atoms with Gasteiger partial charge in [-0.1, -0.05) is 11.3 Å². The van der Waals surface area contributed by atoms with Crippen molar-refractivity contribution in [3.05, 3.63) is 47.5 Å². The van der Waals surface area contributed by atoms with Gasteiger partial charge in [0.05, 0.1) is 26.8 Å². The fourth-order valence-electron chi connectivity index (χ4n) is 2.71. The molecule has 0 saturated carbocycles. The first kappa shape index (κ1) is 17.3. The van der Waals surface area contributed by atoms with Crippen molar-refractivity contribution in [1.82, 2.24) is 14.5 Å². The van der Waals surface area contributed by atoms with Crippen LogP contribution < -0.4 is 11.1 Å². The molecule has 0 radical (unpaired) electrons. The first-order chi connectivity index (χ1) is 12.7. The maximum absolute atomic E-state index is 12.9. The molecule has 0 spiro atoms. The van der Waals surface area contributed by atoms with Crippen molar-refractivity contribution in [2.75, 3.05) is 5.32 Å². The van der Waals surface area contributed by atoms with Crippen LogP contribution in [0.5, 0.6) is 0 Å². The van der Waals surface area contributed by atoms with E-state index in [1.807, 2.05) is 0 Å². The van der Waals surface area contributed by atoms with Gasteiger partial charge in [-0.05, 0) is 36.4 Å². The largest absolute Gasteiger partial charge is 0.416 e. The number of carbonyl (C=O) groups excluding carboxylic acids is 1. The van der Waals surface area contributed by atoms with E-state index in [2.05, 4.69) is 15.3 Å². The van der Waals surface area contributed by atoms with E-state index in [0.29, 0.717) is 32.4 Å². The fourth-order valence-corrected chi connectivity index (χ4v) is 3.61. The zero-order chi connectivity index (χ0) is 19.3. The number of nitrogens with zero attached hydrogens (tertiary/aromatic N) is 3. The van der Waals surface area contributed by atoms with E-state index in [9.17, 15) is 18.0 Å². The Morgan fingerprint density at radius 3 is 2.63 bits per heavy atom. The van der Waals surface area contributed by atoms with Crippen molar-refractivity contribution < 1.29 is 18.0 Å². The second-order valence-electron chi connectivity index (χ2n) is 5.89. The molecule has 0 unspecified atom stereocenters. The van der Waals surface area contributed by atoms with Crippen LogP contribution in [0.1, 0.15) is 15.9 Å². The third kappa shape index (κ3) is 3.08. The van der Waals surface area contributed by atoms with Crippen molar-refractivity contribution >= 4 is 49.6 Å². The van der Waals surface area contributed by atoms with Gasteiger partial charge < -0.3 is 15.6 Å². The summed E-state index contributed by atoms with van der Waals surface area (Å²) in [7, 11) is 1.77. The second kappa shape index (κ2) is 5.95. The van der Waals surface area contributed by atoms with Crippen LogP contribution in [0.15, 0.2) is 36.4 Å². The average Bonchev–Trinajstić information content (AvgIpc) is 3.14. The number of rotatable bonds is 3. The summed E-state index contributed by atoms with van der Waals surface area (Å²) in [4.78, 5) is 20.0. The smallest absolute Gasteiger partial charge is 0.366 e. The first-order valence-corrected chi connectivity index (χ1v) is 8.55. The number of thiazole rings is 1. The SMILES string of the molecule is Cn1c(Nc2nc3ccc(C(F)(F)F)cc3s2)nc2cc(C(N)=O)ccc21. The summed E-state index contributed by atoms with van der Waals surface area (Å²) in [5.41, 5.74) is 6.70. The number of primary amides is 1. The third-order valence-corrected chi connectivity index (χ3v) is 5.03. The number of fused-ring (bicyclic) bond motifs is 2. The molecule has 138 valence electrons. The van der Waals surface area contributed by atoms with Gasteiger partial charge in [0.1, 0.15) is 0 Å². The van der Waals surface area contributed by atoms with Gasteiger partial charge in [0.25, 0.3) is 0 Å². The molecule has 0 fully saturated rings. The van der Waals surface area contributed by atoms with Crippen LogP contribution in [0.2, 0.25) is 0 Å². The number of imidazole rings is 1. The Balaban J connectivity index is 1.71. The lowest BCUT2D eigenvalue weighted by atomic mass is 10.2. The summed E-state index contributed by atoms with van der Waals surface area (Å²) in [5.74, 6) is -0.106. The van der Waals surface area contributed by atoms with E-state index in [0.717, 1.165) is 29.0 Å². The van der Waals surface area contributed by atoms with Gasteiger partial charge in [0, 0.05) is 12.6 Å². The monoisotopic (exact) mass is 391 g/mol. The Morgan fingerprint density at radius 2 is 1.93 bits per heavy atom. The van der Waals surface area contributed by atoms with Crippen molar-refractivity contribution in [3.8, 4) is 0 Å². The highest BCUT2D eigenvalue weighted by Crippen LogP contribution is 2.35. The number of aromatic nitrogens is 3. The van der Waals surface area contributed by atoms with Gasteiger partial charge in [-0.15, -0.1) is 0 Å². The van der Waals surface area contributed by atoms with Crippen molar-refractivity contribution in [3.63, 3.8) is 0 Å². The van der Waals surface area contributed by atoms with Crippen LogP contribution in [-0.4, -0.2) is 20.4 Å². The lowest BCUT2D eigenvalue weighted by molar-refractivity contribution is -0.137. The topological polar surface area (TPSA) is 85.8 Å². The van der Waals surface area contributed by atoms with Crippen LogP contribution in [0.4, 0.5) is 24.3 Å². The number of halogens is 3. The molecule has 2 aromatic carbocycles. The van der Waals surface area contributed by atoms with E-state index in [4.69, 9.17) is 5.73 Å². The Hall–Kier alpha value is -3.14. The van der Waals surface area contributed by atoms with Crippen molar-refractivity contribution in [2.45, 2.75) is 6.18 Å². The van der Waals surface area contributed by atoms with Gasteiger partial charge >= 0.3 is 6.18 Å². The van der Waals surface area contributed by atoms with Gasteiger partial charge in [-0.3, -0.25) is 4.79 Å². The summed E-state index contributed by atoms with van der Waals surface area (Å²) >= 11 is 1.10. The van der Waals surface area contributed by atoms with E-state index in [1.165, 1.54) is 6.07 Å². The van der Waals surface area contributed by atoms with Crippen LogP contribution >= 0.6 is 11.3 Å². The van der Waals surface area contributed by atoms with Gasteiger partial charge in [0.2, 0.25) is 11.9 Å². The molecule has 1 amide bonds. The van der Waals surface area contributed by atoms with Crippen molar-refractivity contribution in [2.24, 2.45) is 12.8 Å². The van der Waals surface area contributed by atoms with E-state index in [1.54, 1.807) is 29.8 Å². The molecule has 6 nitrogen and oxygen atoms in total. The zero-order valence-electron chi connectivity index (χ0n) is 13.8. The molecule has 4 rings (SSSR count). The highest BCUT2D eigenvalue weighted by atomic mass is 32.1. The Kier molecular flexibility index (Phi) is 3.81. The number of nitrogens with two attached hydrogens (primary N) is 1. The minimum atomic E-state index is -4.40. The molecule has 0 aliphatic heterocycles. The van der Waals surface area contributed by atoms with Crippen LogP contribution in [0.25, 0.3) is 21.3 Å². The molecule has 0 bridgehead atoms. The van der Waals surface area contributed by atoms with Gasteiger partial charge in [-0.2, -0.15) is 13.2 Å². The highest BCUT2D eigenvalue weighted by Gasteiger charge is 2.30. The number of aryl methyl sites for hydroxylation is 1. The summed E-state index contributed by atoms with van der Waals surface area (Å²) < 4.78 is 40.7. The summed E-state index contributed by atoms with van der Waals surface area (Å²) in [5, 5.41) is 3.43. The maximum atomic E-state index is 12.9. The van der Waals surface area contributed by atoms with Crippen molar-refractivity contribution in [1.29, 1.82) is 0 Å². The minimum absolute atomic E-state index is 0.340. The van der Waals surface area contributed by atoms with Crippen LogP contribution in [-0.2, 0) is 13.2 Å². The molecule has 4 aromatic rings. The average molecular weight is 391 g/mol.